The molecule has 1 amide bonds. The van der Waals surface area contributed by atoms with Crippen LogP contribution < -0.4 is 4.74 Å². The molecule has 0 aliphatic carbocycles. The molecule has 3 rings (SSSR count). The van der Waals surface area contributed by atoms with Gasteiger partial charge in [0.05, 0.1) is 19.7 Å². The number of carbonyl (C=O) groups is 2. The molecule has 0 spiro atoms. The number of ether oxygens (including phenoxy) is 1. The third-order valence-electron chi connectivity index (χ3n) is 4.16. The van der Waals surface area contributed by atoms with Crippen molar-refractivity contribution in [3.8, 4) is 5.75 Å². The number of aliphatic carboxylic acids is 1. The Morgan fingerprint density at radius 3 is 2.88 bits per heavy atom. The SMILES string of the molecule is CCCOc1cccc(C(=O)N2Cc3nnc(C)n3CC2C(=O)O)c1. The fourth-order valence-electron chi connectivity index (χ4n) is 2.84. The molecule has 2 heterocycles. The van der Waals surface area contributed by atoms with Gasteiger partial charge in [-0.05, 0) is 31.5 Å². The Labute approximate surface area is 145 Å². The summed E-state index contributed by atoms with van der Waals surface area (Å²) >= 11 is 0. The van der Waals surface area contributed by atoms with Crippen molar-refractivity contribution in [3.63, 3.8) is 0 Å². The van der Waals surface area contributed by atoms with E-state index in [4.69, 9.17) is 4.74 Å². The molecule has 1 N–H and O–H groups in total. The van der Waals surface area contributed by atoms with Crippen LogP contribution in [0.4, 0.5) is 0 Å². The van der Waals surface area contributed by atoms with Gasteiger partial charge in [-0.25, -0.2) is 4.79 Å². The van der Waals surface area contributed by atoms with Crippen molar-refractivity contribution >= 4 is 11.9 Å². The van der Waals surface area contributed by atoms with Gasteiger partial charge in [-0.1, -0.05) is 13.0 Å². The van der Waals surface area contributed by atoms with E-state index in [0.29, 0.717) is 29.6 Å². The van der Waals surface area contributed by atoms with Gasteiger partial charge in [-0.3, -0.25) is 4.79 Å². The number of hydrogen-bond acceptors (Lipinski definition) is 5. The van der Waals surface area contributed by atoms with E-state index in [9.17, 15) is 14.7 Å². The van der Waals surface area contributed by atoms with E-state index >= 15 is 0 Å². The number of nitrogens with zero attached hydrogens (tertiary/aromatic N) is 4. The van der Waals surface area contributed by atoms with Crippen LogP contribution in [0.1, 0.15) is 35.4 Å². The minimum Gasteiger partial charge on any atom is -0.494 e. The fourth-order valence-corrected chi connectivity index (χ4v) is 2.84. The van der Waals surface area contributed by atoms with Crippen LogP contribution in [0.2, 0.25) is 0 Å². The van der Waals surface area contributed by atoms with Gasteiger partial charge in [0, 0.05) is 5.56 Å². The van der Waals surface area contributed by atoms with Crippen LogP contribution in [0, 0.1) is 6.92 Å². The molecule has 8 heteroatoms. The first-order valence-electron chi connectivity index (χ1n) is 8.16. The Balaban J connectivity index is 1.88. The van der Waals surface area contributed by atoms with Crippen molar-refractivity contribution in [1.82, 2.24) is 19.7 Å². The molecule has 1 unspecified atom stereocenters. The van der Waals surface area contributed by atoms with Crippen molar-refractivity contribution in [3.05, 3.63) is 41.5 Å². The molecular weight excluding hydrogens is 324 g/mol. The zero-order valence-corrected chi connectivity index (χ0v) is 14.2. The number of carbonyl (C=O) groups excluding carboxylic acids is 1. The summed E-state index contributed by atoms with van der Waals surface area (Å²) in [6, 6.07) is 5.84. The molecule has 0 bridgehead atoms. The second kappa shape index (κ2) is 6.92. The number of carboxylic acid groups (broad SMARTS) is 1. The van der Waals surface area contributed by atoms with Crippen LogP contribution in [-0.4, -0.2) is 49.3 Å². The molecule has 2 aromatic rings. The number of rotatable bonds is 5. The van der Waals surface area contributed by atoms with Gasteiger partial charge in [-0.15, -0.1) is 10.2 Å². The highest BCUT2D eigenvalue weighted by Crippen LogP contribution is 2.22. The lowest BCUT2D eigenvalue weighted by molar-refractivity contribution is -0.143. The molecular formula is C17H20N4O4. The molecule has 1 aromatic heterocycles. The normalized spacial score (nSPS) is 16.4. The van der Waals surface area contributed by atoms with Gasteiger partial charge in [0.25, 0.3) is 5.91 Å². The molecule has 1 aliphatic rings. The largest absolute Gasteiger partial charge is 0.494 e. The van der Waals surface area contributed by atoms with Crippen LogP contribution in [0.5, 0.6) is 5.75 Å². The average molecular weight is 344 g/mol. The predicted molar refractivity (Wildman–Crippen MR) is 88.3 cm³/mol. The second-order valence-corrected chi connectivity index (χ2v) is 5.94. The van der Waals surface area contributed by atoms with Gasteiger partial charge >= 0.3 is 5.97 Å². The number of hydrogen-bond donors (Lipinski definition) is 1. The van der Waals surface area contributed by atoms with Crippen LogP contribution in [-0.2, 0) is 17.9 Å². The summed E-state index contributed by atoms with van der Waals surface area (Å²) in [5, 5.41) is 17.6. The summed E-state index contributed by atoms with van der Waals surface area (Å²) in [5.74, 6) is 0.410. The molecule has 25 heavy (non-hydrogen) atoms. The lowest BCUT2D eigenvalue weighted by atomic mass is 10.1. The maximum absolute atomic E-state index is 12.9. The number of carboxylic acids is 1. The second-order valence-electron chi connectivity index (χ2n) is 5.94. The van der Waals surface area contributed by atoms with Crippen LogP contribution in [0.3, 0.4) is 0 Å². The number of benzene rings is 1. The van der Waals surface area contributed by atoms with Gasteiger partial charge in [-0.2, -0.15) is 0 Å². The van der Waals surface area contributed by atoms with Crippen molar-refractivity contribution in [2.75, 3.05) is 6.61 Å². The molecule has 1 aliphatic heterocycles. The van der Waals surface area contributed by atoms with E-state index in [1.54, 1.807) is 35.8 Å². The van der Waals surface area contributed by atoms with Gasteiger partial charge in [0.15, 0.2) is 5.82 Å². The minimum atomic E-state index is -1.05. The lowest BCUT2D eigenvalue weighted by Gasteiger charge is -2.33. The van der Waals surface area contributed by atoms with Crippen molar-refractivity contribution < 1.29 is 19.4 Å². The summed E-state index contributed by atoms with van der Waals surface area (Å²) in [6.45, 7) is 4.57. The summed E-state index contributed by atoms with van der Waals surface area (Å²) in [7, 11) is 0. The van der Waals surface area contributed by atoms with E-state index in [-0.39, 0.29) is 19.0 Å². The molecule has 0 fully saturated rings. The van der Waals surface area contributed by atoms with E-state index in [1.165, 1.54) is 4.90 Å². The summed E-state index contributed by atoms with van der Waals surface area (Å²) < 4.78 is 7.29. The molecule has 0 radical (unpaired) electrons. The molecule has 1 atom stereocenters. The van der Waals surface area contributed by atoms with Gasteiger partial charge in [0.2, 0.25) is 0 Å². The third kappa shape index (κ3) is 3.33. The lowest BCUT2D eigenvalue weighted by Crippen LogP contribution is -2.50. The smallest absolute Gasteiger partial charge is 0.328 e. The third-order valence-corrected chi connectivity index (χ3v) is 4.16. The van der Waals surface area contributed by atoms with E-state index in [2.05, 4.69) is 10.2 Å². The summed E-state index contributed by atoms with van der Waals surface area (Å²) in [5.41, 5.74) is 0.393. The first-order valence-corrected chi connectivity index (χ1v) is 8.16. The molecule has 0 saturated heterocycles. The Hall–Kier alpha value is -2.90. The number of aromatic nitrogens is 3. The van der Waals surface area contributed by atoms with E-state index in [0.717, 1.165) is 6.42 Å². The highest BCUT2D eigenvalue weighted by molar-refractivity contribution is 5.97. The summed E-state index contributed by atoms with van der Waals surface area (Å²) in [4.78, 5) is 25.9. The maximum Gasteiger partial charge on any atom is 0.328 e. The molecule has 1 aromatic carbocycles. The average Bonchev–Trinajstić information content (AvgIpc) is 2.98. The van der Waals surface area contributed by atoms with E-state index < -0.39 is 12.0 Å². The zero-order valence-electron chi connectivity index (χ0n) is 14.2. The minimum absolute atomic E-state index is 0.108. The van der Waals surface area contributed by atoms with Crippen LogP contribution in [0.25, 0.3) is 0 Å². The van der Waals surface area contributed by atoms with Gasteiger partial charge < -0.3 is 19.3 Å². The van der Waals surface area contributed by atoms with Crippen molar-refractivity contribution in [2.24, 2.45) is 0 Å². The van der Waals surface area contributed by atoms with Crippen molar-refractivity contribution in [2.45, 2.75) is 39.4 Å². The topological polar surface area (TPSA) is 97.5 Å². The maximum atomic E-state index is 12.9. The number of aryl methyl sites for hydroxylation is 1. The standard InChI is InChI=1S/C17H20N4O4/c1-3-7-25-13-6-4-5-12(8-13)16(22)21-10-15-19-18-11(2)20(15)9-14(21)17(23)24/h4-6,8,14H,3,7,9-10H2,1-2H3,(H,23,24). The first-order chi connectivity index (χ1) is 12.0. The highest BCUT2D eigenvalue weighted by Gasteiger charge is 2.36. The summed E-state index contributed by atoms with van der Waals surface area (Å²) in [6.07, 6.45) is 0.862. The quantitative estimate of drug-likeness (QED) is 0.882. The highest BCUT2D eigenvalue weighted by atomic mass is 16.5. The first kappa shape index (κ1) is 16.9. The van der Waals surface area contributed by atoms with Gasteiger partial charge in [0.1, 0.15) is 17.6 Å². The van der Waals surface area contributed by atoms with Crippen LogP contribution >= 0.6 is 0 Å². The number of fused-ring (bicyclic) bond motifs is 1. The molecule has 132 valence electrons. The fraction of sp³-hybridized carbons (Fsp3) is 0.412. The zero-order chi connectivity index (χ0) is 18.0. The molecule has 0 saturated carbocycles. The van der Waals surface area contributed by atoms with Crippen molar-refractivity contribution in [1.29, 1.82) is 0 Å². The Morgan fingerprint density at radius 2 is 2.16 bits per heavy atom. The number of amides is 1. The molecule has 8 nitrogen and oxygen atoms in total. The Morgan fingerprint density at radius 1 is 1.36 bits per heavy atom. The Bertz CT molecular complexity index is 802. The van der Waals surface area contributed by atoms with Crippen LogP contribution in [0.15, 0.2) is 24.3 Å². The monoisotopic (exact) mass is 344 g/mol. The predicted octanol–water partition coefficient (Wildman–Crippen LogP) is 1.48. The Kier molecular flexibility index (Phi) is 4.69. The van der Waals surface area contributed by atoms with E-state index in [1.807, 2.05) is 6.92 Å².